The first kappa shape index (κ1) is 14.7. The number of carbonyl (C=O) groups is 1. The molecule has 0 bridgehead atoms. The Balaban J connectivity index is 2.07. The lowest BCUT2D eigenvalue weighted by Crippen LogP contribution is -2.33. The molecule has 1 atom stereocenters. The number of halogens is 1. The Kier molecular flexibility index (Phi) is 4.51. The Morgan fingerprint density at radius 2 is 2.45 bits per heavy atom. The molecule has 2 heterocycles. The summed E-state index contributed by atoms with van der Waals surface area (Å²) >= 11 is 0. The Morgan fingerprint density at radius 1 is 1.70 bits per heavy atom. The van der Waals surface area contributed by atoms with Crippen molar-refractivity contribution in [2.24, 2.45) is 11.8 Å². The zero-order chi connectivity index (χ0) is 14.7. The van der Waals surface area contributed by atoms with E-state index in [1.807, 2.05) is 0 Å². The molecule has 0 aromatic carbocycles. The van der Waals surface area contributed by atoms with Crippen LogP contribution < -0.4 is 11.3 Å². The summed E-state index contributed by atoms with van der Waals surface area (Å²) in [6.45, 7) is 2.62. The van der Waals surface area contributed by atoms with Gasteiger partial charge in [-0.15, -0.1) is 0 Å². The van der Waals surface area contributed by atoms with Crippen LogP contribution in [0.25, 0.3) is 0 Å². The van der Waals surface area contributed by atoms with Gasteiger partial charge in [0.25, 0.3) is 5.91 Å². The standard InChI is InChI=1S/C13H20FN5O/c1-18-6-4-9(7-18)8-19(2)13(20)10-3-5-16-12(17-15)11(10)14/h3,5,9H,4,6-8,15H2,1-2H3,(H,16,17). The van der Waals surface area contributed by atoms with E-state index in [4.69, 9.17) is 5.84 Å². The predicted octanol–water partition coefficient (Wildman–Crippen LogP) is 0.530. The van der Waals surface area contributed by atoms with E-state index in [1.165, 1.54) is 12.3 Å². The van der Waals surface area contributed by atoms with Gasteiger partial charge in [-0.3, -0.25) is 4.79 Å². The number of rotatable bonds is 4. The number of nitrogens with two attached hydrogens (primary N) is 1. The van der Waals surface area contributed by atoms with E-state index in [1.54, 1.807) is 11.9 Å². The third-order valence-corrected chi connectivity index (χ3v) is 3.62. The van der Waals surface area contributed by atoms with Gasteiger partial charge in [-0.05, 0) is 32.0 Å². The molecule has 1 amide bonds. The molecule has 0 radical (unpaired) electrons. The number of hydrogen-bond acceptors (Lipinski definition) is 5. The number of amides is 1. The minimum absolute atomic E-state index is 0.0122. The van der Waals surface area contributed by atoms with Gasteiger partial charge in [0.05, 0.1) is 5.56 Å². The number of nitrogen functional groups attached to an aromatic ring is 1. The van der Waals surface area contributed by atoms with Gasteiger partial charge in [0.15, 0.2) is 11.6 Å². The van der Waals surface area contributed by atoms with Crippen LogP contribution in [0.2, 0.25) is 0 Å². The molecule has 0 aliphatic carbocycles. The van der Waals surface area contributed by atoms with E-state index in [9.17, 15) is 9.18 Å². The minimum Gasteiger partial charge on any atom is -0.341 e. The molecule has 3 N–H and O–H groups in total. The summed E-state index contributed by atoms with van der Waals surface area (Å²) in [7, 11) is 3.75. The van der Waals surface area contributed by atoms with Crippen molar-refractivity contribution in [1.82, 2.24) is 14.8 Å². The van der Waals surface area contributed by atoms with E-state index in [0.717, 1.165) is 19.5 Å². The second-order valence-corrected chi connectivity index (χ2v) is 5.27. The van der Waals surface area contributed by atoms with E-state index in [0.29, 0.717) is 12.5 Å². The molecule has 2 rings (SSSR count). The van der Waals surface area contributed by atoms with Crippen LogP contribution in [0.5, 0.6) is 0 Å². The maximum absolute atomic E-state index is 14.0. The molecule has 110 valence electrons. The molecule has 1 aliphatic heterocycles. The molecule has 1 aromatic rings. The van der Waals surface area contributed by atoms with Gasteiger partial charge in [0.2, 0.25) is 0 Å². The van der Waals surface area contributed by atoms with Crippen molar-refractivity contribution in [2.45, 2.75) is 6.42 Å². The molecule has 0 saturated carbocycles. The van der Waals surface area contributed by atoms with Crippen LogP contribution >= 0.6 is 0 Å². The SMILES string of the molecule is CN1CCC(CN(C)C(=O)c2ccnc(NN)c2F)C1. The third kappa shape index (κ3) is 3.05. The fourth-order valence-electron chi connectivity index (χ4n) is 2.56. The van der Waals surface area contributed by atoms with Crippen LogP contribution in [0.4, 0.5) is 10.2 Å². The fraction of sp³-hybridized carbons (Fsp3) is 0.538. The van der Waals surface area contributed by atoms with E-state index < -0.39 is 5.82 Å². The van der Waals surface area contributed by atoms with Crippen LogP contribution in [-0.4, -0.2) is 54.4 Å². The van der Waals surface area contributed by atoms with Crippen molar-refractivity contribution in [1.29, 1.82) is 0 Å². The Bertz CT molecular complexity index is 496. The fourth-order valence-corrected chi connectivity index (χ4v) is 2.56. The maximum Gasteiger partial charge on any atom is 0.256 e. The quantitative estimate of drug-likeness (QED) is 0.622. The van der Waals surface area contributed by atoms with Gasteiger partial charge < -0.3 is 15.2 Å². The van der Waals surface area contributed by atoms with Gasteiger partial charge in [-0.2, -0.15) is 0 Å². The largest absolute Gasteiger partial charge is 0.341 e. The molecule has 1 aliphatic rings. The third-order valence-electron chi connectivity index (χ3n) is 3.62. The summed E-state index contributed by atoms with van der Waals surface area (Å²) in [5.74, 6) is 4.41. The summed E-state index contributed by atoms with van der Waals surface area (Å²) in [5, 5.41) is 0. The highest BCUT2D eigenvalue weighted by Crippen LogP contribution is 2.19. The average molecular weight is 281 g/mol. The summed E-state index contributed by atoms with van der Waals surface area (Å²) < 4.78 is 14.0. The number of likely N-dealkylation sites (tertiary alicyclic amines) is 1. The van der Waals surface area contributed by atoms with E-state index >= 15 is 0 Å². The summed E-state index contributed by atoms with van der Waals surface area (Å²) in [4.78, 5) is 19.8. The van der Waals surface area contributed by atoms with Crippen molar-refractivity contribution in [3.63, 3.8) is 0 Å². The number of nitrogens with one attached hydrogen (secondary N) is 1. The lowest BCUT2D eigenvalue weighted by Gasteiger charge is -2.21. The number of aromatic nitrogens is 1. The number of nitrogens with zero attached hydrogens (tertiary/aromatic N) is 3. The molecule has 1 fully saturated rings. The lowest BCUT2D eigenvalue weighted by atomic mass is 10.1. The van der Waals surface area contributed by atoms with Crippen LogP contribution in [0.1, 0.15) is 16.8 Å². The lowest BCUT2D eigenvalue weighted by molar-refractivity contribution is 0.0769. The van der Waals surface area contributed by atoms with Crippen molar-refractivity contribution in [3.05, 3.63) is 23.6 Å². The van der Waals surface area contributed by atoms with Crippen LogP contribution in [0, 0.1) is 11.7 Å². The van der Waals surface area contributed by atoms with Crippen LogP contribution in [0.15, 0.2) is 12.3 Å². The average Bonchev–Trinajstić information content (AvgIpc) is 2.83. The molecule has 1 aromatic heterocycles. The van der Waals surface area contributed by atoms with Gasteiger partial charge in [0.1, 0.15) is 0 Å². The summed E-state index contributed by atoms with van der Waals surface area (Å²) in [6.07, 6.45) is 2.42. The normalized spacial score (nSPS) is 19.1. The van der Waals surface area contributed by atoms with Crippen LogP contribution in [0.3, 0.4) is 0 Å². The van der Waals surface area contributed by atoms with Gasteiger partial charge in [-0.25, -0.2) is 15.2 Å². The molecular weight excluding hydrogens is 261 g/mol. The monoisotopic (exact) mass is 281 g/mol. The highest BCUT2D eigenvalue weighted by molar-refractivity contribution is 5.95. The molecule has 7 heteroatoms. The molecule has 6 nitrogen and oxygen atoms in total. The number of anilines is 1. The number of hydrazine groups is 1. The first-order chi connectivity index (χ1) is 9.52. The molecular formula is C13H20FN5O. The molecule has 1 saturated heterocycles. The number of carbonyl (C=O) groups excluding carboxylic acids is 1. The smallest absolute Gasteiger partial charge is 0.256 e. The van der Waals surface area contributed by atoms with Gasteiger partial charge in [0, 0.05) is 26.3 Å². The Hall–Kier alpha value is -1.73. The highest BCUT2D eigenvalue weighted by atomic mass is 19.1. The highest BCUT2D eigenvalue weighted by Gasteiger charge is 2.25. The maximum atomic E-state index is 14.0. The summed E-state index contributed by atoms with van der Waals surface area (Å²) in [5.41, 5.74) is 2.13. The van der Waals surface area contributed by atoms with Crippen molar-refractivity contribution in [2.75, 3.05) is 39.2 Å². The van der Waals surface area contributed by atoms with Crippen molar-refractivity contribution >= 4 is 11.7 Å². The van der Waals surface area contributed by atoms with E-state index in [-0.39, 0.29) is 17.3 Å². The zero-order valence-corrected chi connectivity index (χ0v) is 11.8. The van der Waals surface area contributed by atoms with Crippen molar-refractivity contribution < 1.29 is 9.18 Å². The van der Waals surface area contributed by atoms with Gasteiger partial charge >= 0.3 is 0 Å². The van der Waals surface area contributed by atoms with Crippen molar-refractivity contribution in [3.8, 4) is 0 Å². The minimum atomic E-state index is -0.713. The van der Waals surface area contributed by atoms with Gasteiger partial charge in [-0.1, -0.05) is 0 Å². The first-order valence-corrected chi connectivity index (χ1v) is 6.58. The Morgan fingerprint density at radius 3 is 3.05 bits per heavy atom. The topological polar surface area (TPSA) is 74.5 Å². The van der Waals surface area contributed by atoms with E-state index in [2.05, 4.69) is 22.4 Å². The molecule has 1 unspecified atom stereocenters. The second kappa shape index (κ2) is 6.15. The van der Waals surface area contributed by atoms with Crippen LogP contribution in [-0.2, 0) is 0 Å². The second-order valence-electron chi connectivity index (χ2n) is 5.27. The molecule has 20 heavy (non-hydrogen) atoms. The predicted molar refractivity (Wildman–Crippen MR) is 74.6 cm³/mol. The number of hydrogen-bond donors (Lipinski definition) is 2. The summed E-state index contributed by atoms with van der Waals surface area (Å²) in [6, 6.07) is 1.37. The number of pyridine rings is 1. The molecule has 0 spiro atoms. The zero-order valence-electron chi connectivity index (χ0n) is 11.8. The Labute approximate surface area is 117 Å². The first-order valence-electron chi connectivity index (χ1n) is 6.58.